The number of nitrogens with one attached hydrogen (secondary N) is 2. The van der Waals surface area contributed by atoms with Gasteiger partial charge in [-0.25, -0.2) is 0 Å². The maximum atomic E-state index is 5.01. The van der Waals surface area contributed by atoms with Gasteiger partial charge in [0.15, 0.2) is 0 Å². The molecule has 1 aromatic rings. The van der Waals surface area contributed by atoms with E-state index in [2.05, 4.69) is 22.4 Å². The SMILES string of the molecule is COCCCCCNCc1c(C)n[nH]c1C. The molecule has 1 heterocycles. The Labute approximate surface area is 97.8 Å². The molecule has 0 aliphatic heterocycles. The van der Waals surface area contributed by atoms with Crippen LogP contribution < -0.4 is 5.32 Å². The van der Waals surface area contributed by atoms with E-state index in [4.69, 9.17) is 4.74 Å². The first-order chi connectivity index (χ1) is 7.75. The third kappa shape index (κ3) is 4.33. The summed E-state index contributed by atoms with van der Waals surface area (Å²) >= 11 is 0. The Morgan fingerprint density at radius 1 is 1.25 bits per heavy atom. The maximum Gasteiger partial charge on any atom is 0.0638 e. The standard InChI is InChI=1S/C12H23N3O/c1-10-12(11(2)15-14-10)9-13-7-5-4-6-8-16-3/h13H,4-9H2,1-3H3,(H,14,15). The number of aromatic amines is 1. The largest absolute Gasteiger partial charge is 0.385 e. The number of hydrogen-bond donors (Lipinski definition) is 2. The Balaban J connectivity index is 2.07. The molecule has 0 radical (unpaired) electrons. The Morgan fingerprint density at radius 2 is 2.06 bits per heavy atom. The molecule has 0 aliphatic rings. The van der Waals surface area contributed by atoms with E-state index in [9.17, 15) is 0 Å². The quantitative estimate of drug-likeness (QED) is 0.665. The van der Waals surface area contributed by atoms with Crippen LogP contribution in [0.15, 0.2) is 0 Å². The topological polar surface area (TPSA) is 49.9 Å². The molecule has 0 amide bonds. The number of unbranched alkanes of at least 4 members (excludes halogenated alkanes) is 2. The summed E-state index contributed by atoms with van der Waals surface area (Å²) in [5, 5.41) is 10.6. The van der Waals surface area contributed by atoms with Crippen LogP contribution in [0.2, 0.25) is 0 Å². The summed E-state index contributed by atoms with van der Waals surface area (Å²) in [6.45, 7) is 6.96. The number of H-pyrrole nitrogens is 1. The second-order valence-corrected chi connectivity index (χ2v) is 4.14. The molecule has 0 spiro atoms. The number of rotatable bonds is 8. The smallest absolute Gasteiger partial charge is 0.0638 e. The van der Waals surface area contributed by atoms with Crippen LogP contribution in [0.1, 0.15) is 36.2 Å². The predicted octanol–water partition coefficient (Wildman–Crippen LogP) is 1.93. The van der Waals surface area contributed by atoms with E-state index in [1.54, 1.807) is 7.11 Å². The van der Waals surface area contributed by atoms with Crippen LogP contribution in [0.25, 0.3) is 0 Å². The van der Waals surface area contributed by atoms with Gasteiger partial charge in [0, 0.05) is 31.5 Å². The van der Waals surface area contributed by atoms with Crippen molar-refractivity contribution in [1.29, 1.82) is 0 Å². The second-order valence-electron chi connectivity index (χ2n) is 4.14. The minimum absolute atomic E-state index is 0.875. The average molecular weight is 225 g/mol. The van der Waals surface area contributed by atoms with Crippen molar-refractivity contribution in [2.24, 2.45) is 0 Å². The predicted molar refractivity (Wildman–Crippen MR) is 65.5 cm³/mol. The van der Waals surface area contributed by atoms with Gasteiger partial charge in [-0.2, -0.15) is 5.10 Å². The lowest BCUT2D eigenvalue weighted by Gasteiger charge is -2.05. The van der Waals surface area contributed by atoms with Crippen LogP contribution in [0.3, 0.4) is 0 Å². The molecule has 0 saturated heterocycles. The first-order valence-corrected chi connectivity index (χ1v) is 5.95. The van der Waals surface area contributed by atoms with E-state index in [1.807, 2.05) is 6.92 Å². The van der Waals surface area contributed by atoms with Gasteiger partial charge in [0.1, 0.15) is 0 Å². The van der Waals surface area contributed by atoms with Crippen LogP contribution in [0, 0.1) is 13.8 Å². The molecular formula is C12H23N3O. The van der Waals surface area contributed by atoms with Crippen LogP contribution in [0.4, 0.5) is 0 Å². The second kappa shape index (κ2) is 7.41. The third-order valence-electron chi connectivity index (χ3n) is 2.78. The van der Waals surface area contributed by atoms with E-state index in [0.717, 1.165) is 31.8 Å². The molecule has 0 saturated carbocycles. The first-order valence-electron chi connectivity index (χ1n) is 5.95. The molecule has 0 fully saturated rings. The highest BCUT2D eigenvalue weighted by Gasteiger charge is 2.04. The molecule has 1 rings (SSSR count). The van der Waals surface area contributed by atoms with Crippen molar-refractivity contribution in [3.05, 3.63) is 17.0 Å². The fraction of sp³-hybridized carbons (Fsp3) is 0.750. The van der Waals surface area contributed by atoms with Gasteiger partial charge in [-0.3, -0.25) is 5.10 Å². The molecule has 1 aromatic heterocycles. The summed E-state index contributed by atoms with van der Waals surface area (Å²) in [6, 6.07) is 0. The zero-order valence-electron chi connectivity index (χ0n) is 10.6. The first kappa shape index (κ1) is 13.2. The van der Waals surface area contributed by atoms with Gasteiger partial charge < -0.3 is 10.1 Å². The lowest BCUT2D eigenvalue weighted by Crippen LogP contribution is -2.15. The molecule has 0 unspecified atom stereocenters. The Morgan fingerprint density at radius 3 is 2.69 bits per heavy atom. The van der Waals surface area contributed by atoms with Gasteiger partial charge >= 0.3 is 0 Å². The number of methoxy groups -OCH3 is 1. The molecule has 16 heavy (non-hydrogen) atoms. The molecule has 2 N–H and O–H groups in total. The van der Waals surface area contributed by atoms with Crippen LogP contribution in [0.5, 0.6) is 0 Å². The van der Waals surface area contributed by atoms with Gasteiger partial charge in [0.05, 0.1) is 5.69 Å². The average Bonchev–Trinajstić information content (AvgIpc) is 2.59. The molecule has 0 bridgehead atoms. The molecule has 0 aliphatic carbocycles. The highest BCUT2D eigenvalue weighted by Crippen LogP contribution is 2.08. The third-order valence-corrected chi connectivity index (χ3v) is 2.78. The number of aromatic nitrogens is 2. The highest BCUT2D eigenvalue weighted by atomic mass is 16.5. The summed E-state index contributed by atoms with van der Waals surface area (Å²) in [6.07, 6.45) is 3.59. The number of aryl methyl sites for hydroxylation is 2. The minimum Gasteiger partial charge on any atom is -0.385 e. The Hall–Kier alpha value is -0.870. The Bertz CT molecular complexity index is 277. The normalized spacial score (nSPS) is 10.9. The molecule has 4 nitrogen and oxygen atoms in total. The van der Waals surface area contributed by atoms with Gasteiger partial charge in [-0.05, 0) is 39.7 Å². The molecule has 0 atom stereocenters. The van der Waals surface area contributed by atoms with E-state index < -0.39 is 0 Å². The zero-order valence-corrected chi connectivity index (χ0v) is 10.6. The summed E-state index contributed by atoms with van der Waals surface area (Å²) in [5.41, 5.74) is 3.57. The van der Waals surface area contributed by atoms with Gasteiger partial charge in [-0.1, -0.05) is 0 Å². The molecule has 0 aromatic carbocycles. The fourth-order valence-corrected chi connectivity index (χ4v) is 1.72. The van der Waals surface area contributed by atoms with Crippen molar-refractivity contribution in [1.82, 2.24) is 15.5 Å². The highest BCUT2D eigenvalue weighted by molar-refractivity contribution is 5.22. The summed E-state index contributed by atoms with van der Waals surface area (Å²) in [5.74, 6) is 0. The van der Waals surface area contributed by atoms with E-state index in [0.29, 0.717) is 0 Å². The number of nitrogens with zero attached hydrogens (tertiary/aromatic N) is 1. The van der Waals surface area contributed by atoms with Crippen molar-refractivity contribution in [3.63, 3.8) is 0 Å². The molecule has 92 valence electrons. The van der Waals surface area contributed by atoms with E-state index in [-0.39, 0.29) is 0 Å². The number of ether oxygens (including phenoxy) is 1. The zero-order chi connectivity index (χ0) is 11.8. The molecule has 4 heteroatoms. The monoisotopic (exact) mass is 225 g/mol. The summed E-state index contributed by atoms with van der Waals surface area (Å²) < 4.78 is 5.01. The summed E-state index contributed by atoms with van der Waals surface area (Å²) in [4.78, 5) is 0. The summed E-state index contributed by atoms with van der Waals surface area (Å²) in [7, 11) is 1.75. The fourth-order valence-electron chi connectivity index (χ4n) is 1.72. The van der Waals surface area contributed by atoms with Gasteiger partial charge in [-0.15, -0.1) is 0 Å². The lowest BCUT2D eigenvalue weighted by atomic mass is 10.2. The van der Waals surface area contributed by atoms with Crippen LogP contribution in [-0.4, -0.2) is 30.5 Å². The van der Waals surface area contributed by atoms with Gasteiger partial charge in [0.2, 0.25) is 0 Å². The minimum atomic E-state index is 0.875. The molecular weight excluding hydrogens is 202 g/mol. The van der Waals surface area contributed by atoms with E-state index >= 15 is 0 Å². The van der Waals surface area contributed by atoms with Crippen LogP contribution >= 0.6 is 0 Å². The lowest BCUT2D eigenvalue weighted by molar-refractivity contribution is 0.192. The van der Waals surface area contributed by atoms with E-state index in [1.165, 1.54) is 24.1 Å². The van der Waals surface area contributed by atoms with Crippen molar-refractivity contribution >= 4 is 0 Å². The maximum absolute atomic E-state index is 5.01. The van der Waals surface area contributed by atoms with Gasteiger partial charge in [0.25, 0.3) is 0 Å². The number of hydrogen-bond acceptors (Lipinski definition) is 3. The van der Waals surface area contributed by atoms with Crippen molar-refractivity contribution in [2.75, 3.05) is 20.3 Å². The Kier molecular flexibility index (Phi) is 6.11. The van der Waals surface area contributed by atoms with Crippen molar-refractivity contribution in [3.8, 4) is 0 Å². The van der Waals surface area contributed by atoms with Crippen molar-refractivity contribution < 1.29 is 4.74 Å². The van der Waals surface area contributed by atoms with Crippen molar-refractivity contribution in [2.45, 2.75) is 39.7 Å². The van der Waals surface area contributed by atoms with Crippen LogP contribution in [-0.2, 0) is 11.3 Å².